The van der Waals surface area contributed by atoms with Crippen molar-refractivity contribution in [3.8, 4) is 5.75 Å². The lowest BCUT2D eigenvalue weighted by molar-refractivity contribution is -0.123. The van der Waals surface area contributed by atoms with Gasteiger partial charge < -0.3 is 15.2 Å². The van der Waals surface area contributed by atoms with Crippen molar-refractivity contribution in [2.75, 3.05) is 7.11 Å². The molecule has 2 N–H and O–H groups in total. The van der Waals surface area contributed by atoms with Crippen molar-refractivity contribution in [1.29, 1.82) is 0 Å². The quantitative estimate of drug-likeness (QED) is 0.721. The van der Waals surface area contributed by atoms with Gasteiger partial charge >= 0.3 is 0 Å². The number of benzene rings is 1. The highest BCUT2D eigenvalue weighted by molar-refractivity contribution is 5.98. The third kappa shape index (κ3) is 4.79. The minimum absolute atomic E-state index is 0.0464. The van der Waals surface area contributed by atoms with E-state index in [0.29, 0.717) is 17.2 Å². The third-order valence-electron chi connectivity index (χ3n) is 4.50. The first-order chi connectivity index (χ1) is 11.0. The Labute approximate surface area is 137 Å². The maximum Gasteiger partial charge on any atom is 0.220 e. The second-order valence-electron chi connectivity index (χ2n) is 6.12. The van der Waals surface area contributed by atoms with Gasteiger partial charge in [-0.2, -0.15) is 0 Å². The van der Waals surface area contributed by atoms with Gasteiger partial charge in [0, 0.05) is 24.4 Å². The number of hydrogen-bond donors (Lipinski definition) is 2. The lowest BCUT2D eigenvalue weighted by Gasteiger charge is -2.37. The smallest absolute Gasteiger partial charge is 0.220 e. The molecule has 23 heavy (non-hydrogen) atoms. The van der Waals surface area contributed by atoms with Crippen LogP contribution < -0.4 is 10.1 Å². The SMILES string of the molecule is CC[C@H](NC(=O)CCC(=O)c1ccc(OC)cc1)C1CC(O)C1. The van der Waals surface area contributed by atoms with E-state index in [2.05, 4.69) is 5.32 Å². The number of carbonyl (C=O) groups is 2. The van der Waals surface area contributed by atoms with Crippen LogP contribution in [0.3, 0.4) is 0 Å². The van der Waals surface area contributed by atoms with Crippen LogP contribution in [0.1, 0.15) is 49.4 Å². The van der Waals surface area contributed by atoms with Crippen molar-refractivity contribution in [3.63, 3.8) is 0 Å². The number of ketones is 1. The summed E-state index contributed by atoms with van der Waals surface area (Å²) in [5, 5.41) is 12.4. The average Bonchev–Trinajstić information content (AvgIpc) is 2.55. The van der Waals surface area contributed by atoms with Crippen LogP contribution in [0.2, 0.25) is 0 Å². The highest BCUT2D eigenvalue weighted by atomic mass is 16.5. The van der Waals surface area contributed by atoms with Gasteiger partial charge in [-0.05, 0) is 49.4 Å². The Morgan fingerprint density at radius 3 is 2.43 bits per heavy atom. The zero-order valence-corrected chi connectivity index (χ0v) is 13.7. The van der Waals surface area contributed by atoms with Crippen LogP contribution >= 0.6 is 0 Å². The zero-order chi connectivity index (χ0) is 16.8. The van der Waals surface area contributed by atoms with E-state index in [4.69, 9.17) is 4.74 Å². The second kappa shape index (κ2) is 8.11. The van der Waals surface area contributed by atoms with E-state index >= 15 is 0 Å². The Bertz CT molecular complexity index is 534. The fourth-order valence-corrected chi connectivity index (χ4v) is 2.94. The Balaban J connectivity index is 1.77. The van der Waals surface area contributed by atoms with Crippen molar-refractivity contribution in [2.45, 2.75) is 51.2 Å². The number of ether oxygens (including phenoxy) is 1. The lowest BCUT2D eigenvalue weighted by atomic mass is 9.76. The summed E-state index contributed by atoms with van der Waals surface area (Å²) in [6, 6.07) is 7.00. The molecule has 1 atom stereocenters. The predicted octanol–water partition coefficient (Wildman–Crippen LogP) is 2.32. The van der Waals surface area contributed by atoms with Gasteiger partial charge in [-0.25, -0.2) is 0 Å². The fourth-order valence-electron chi connectivity index (χ4n) is 2.94. The van der Waals surface area contributed by atoms with Gasteiger partial charge in [0.2, 0.25) is 5.91 Å². The molecular weight excluding hydrogens is 294 g/mol. The van der Waals surface area contributed by atoms with Gasteiger partial charge in [0.1, 0.15) is 5.75 Å². The maximum atomic E-state index is 12.1. The molecule has 1 aromatic rings. The van der Waals surface area contributed by atoms with E-state index in [0.717, 1.165) is 19.3 Å². The number of rotatable bonds is 8. The molecule has 2 rings (SSSR count). The third-order valence-corrected chi connectivity index (χ3v) is 4.50. The first kappa shape index (κ1) is 17.5. The molecule has 1 saturated carbocycles. The largest absolute Gasteiger partial charge is 0.497 e. The van der Waals surface area contributed by atoms with Crippen LogP contribution in [0, 0.1) is 5.92 Å². The predicted molar refractivity (Wildman–Crippen MR) is 87.5 cm³/mol. The number of methoxy groups -OCH3 is 1. The first-order valence-electron chi connectivity index (χ1n) is 8.18. The van der Waals surface area contributed by atoms with Crippen molar-refractivity contribution in [2.24, 2.45) is 5.92 Å². The number of carbonyl (C=O) groups excluding carboxylic acids is 2. The molecule has 5 nitrogen and oxygen atoms in total. The standard InChI is InChI=1S/C18H25NO4/c1-3-16(13-10-14(20)11-13)19-18(22)9-8-17(21)12-4-6-15(23-2)7-5-12/h4-7,13-14,16,20H,3,8-11H2,1-2H3,(H,19,22)/t13?,14?,16-/m0/s1. The molecule has 0 heterocycles. The number of hydrogen-bond acceptors (Lipinski definition) is 4. The van der Waals surface area contributed by atoms with Gasteiger partial charge in [0.05, 0.1) is 13.2 Å². The summed E-state index contributed by atoms with van der Waals surface area (Å²) in [6.07, 6.45) is 2.52. The zero-order valence-electron chi connectivity index (χ0n) is 13.7. The summed E-state index contributed by atoms with van der Waals surface area (Å²) in [5.74, 6) is 0.916. The van der Waals surface area contributed by atoms with Crippen LogP contribution in [-0.4, -0.2) is 36.1 Å². The summed E-state index contributed by atoms with van der Waals surface area (Å²) in [4.78, 5) is 24.1. The second-order valence-corrected chi connectivity index (χ2v) is 6.12. The Morgan fingerprint density at radius 1 is 1.26 bits per heavy atom. The molecule has 1 fully saturated rings. The summed E-state index contributed by atoms with van der Waals surface area (Å²) < 4.78 is 5.06. The van der Waals surface area contributed by atoms with Gasteiger partial charge in [-0.15, -0.1) is 0 Å². The molecule has 1 aliphatic carbocycles. The average molecular weight is 319 g/mol. The summed E-state index contributed by atoms with van der Waals surface area (Å²) >= 11 is 0. The van der Waals surface area contributed by atoms with E-state index in [1.54, 1.807) is 31.4 Å². The fraction of sp³-hybridized carbons (Fsp3) is 0.556. The molecule has 0 saturated heterocycles. The summed E-state index contributed by atoms with van der Waals surface area (Å²) in [5.41, 5.74) is 0.591. The molecule has 0 unspecified atom stereocenters. The highest BCUT2D eigenvalue weighted by Gasteiger charge is 2.33. The number of nitrogens with one attached hydrogen (secondary N) is 1. The Morgan fingerprint density at radius 2 is 1.91 bits per heavy atom. The maximum absolute atomic E-state index is 12.1. The van der Waals surface area contributed by atoms with Crippen LogP contribution in [0.25, 0.3) is 0 Å². The molecule has 5 heteroatoms. The minimum Gasteiger partial charge on any atom is -0.497 e. The molecule has 0 bridgehead atoms. The molecule has 1 aliphatic rings. The molecular formula is C18H25NO4. The van der Waals surface area contributed by atoms with Gasteiger partial charge in [-0.1, -0.05) is 6.92 Å². The van der Waals surface area contributed by atoms with E-state index in [1.807, 2.05) is 6.92 Å². The van der Waals surface area contributed by atoms with E-state index < -0.39 is 0 Å². The van der Waals surface area contributed by atoms with Gasteiger partial charge in [0.15, 0.2) is 5.78 Å². The minimum atomic E-state index is -0.220. The monoisotopic (exact) mass is 319 g/mol. The van der Waals surface area contributed by atoms with Crippen molar-refractivity contribution in [3.05, 3.63) is 29.8 Å². The van der Waals surface area contributed by atoms with Crippen LogP contribution in [0.15, 0.2) is 24.3 Å². The van der Waals surface area contributed by atoms with Crippen LogP contribution in [0.4, 0.5) is 0 Å². The molecule has 1 amide bonds. The lowest BCUT2D eigenvalue weighted by Crippen LogP contribution is -2.46. The van der Waals surface area contributed by atoms with Gasteiger partial charge in [-0.3, -0.25) is 9.59 Å². The highest BCUT2D eigenvalue weighted by Crippen LogP contribution is 2.31. The molecule has 0 radical (unpaired) electrons. The number of amides is 1. The number of aliphatic hydroxyl groups excluding tert-OH is 1. The normalized spacial score (nSPS) is 21.2. The van der Waals surface area contributed by atoms with Crippen molar-refractivity contribution in [1.82, 2.24) is 5.32 Å². The molecule has 126 valence electrons. The molecule has 0 spiro atoms. The van der Waals surface area contributed by atoms with Gasteiger partial charge in [0.25, 0.3) is 0 Å². The van der Waals surface area contributed by atoms with Crippen molar-refractivity contribution < 1.29 is 19.4 Å². The van der Waals surface area contributed by atoms with Crippen LogP contribution in [-0.2, 0) is 4.79 Å². The topological polar surface area (TPSA) is 75.6 Å². The molecule has 1 aromatic carbocycles. The number of Topliss-reactive ketones (excluding diaryl/α,β-unsaturated/α-hetero) is 1. The van der Waals surface area contributed by atoms with E-state index in [9.17, 15) is 14.7 Å². The van der Waals surface area contributed by atoms with E-state index in [-0.39, 0.29) is 36.7 Å². The Kier molecular flexibility index (Phi) is 6.16. The van der Waals surface area contributed by atoms with Crippen LogP contribution in [0.5, 0.6) is 5.75 Å². The van der Waals surface area contributed by atoms with E-state index in [1.165, 1.54) is 0 Å². The summed E-state index contributed by atoms with van der Waals surface area (Å²) in [7, 11) is 1.58. The number of aliphatic hydroxyl groups is 1. The summed E-state index contributed by atoms with van der Waals surface area (Å²) in [6.45, 7) is 2.03. The molecule has 0 aliphatic heterocycles. The Hall–Kier alpha value is -1.88. The van der Waals surface area contributed by atoms with Crippen molar-refractivity contribution >= 4 is 11.7 Å². The first-order valence-corrected chi connectivity index (χ1v) is 8.18. The molecule has 0 aromatic heterocycles.